The van der Waals surface area contributed by atoms with Crippen molar-refractivity contribution in [3.8, 4) is 11.4 Å². The minimum absolute atomic E-state index is 0.00596. The van der Waals surface area contributed by atoms with Gasteiger partial charge in [0, 0.05) is 23.0 Å². The number of rotatable bonds is 3. The van der Waals surface area contributed by atoms with Crippen molar-refractivity contribution in [1.82, 2.24) is 19.9 Å². The fraction of sp³-hybridized carbons (Fsp3) is 0. The van der Waals surface area contributed by atoms with Gasteiger partial charge in [-0.05, 0) is 36.4 Å². The Balaban J connectivity index is 1.89. The predicted molar refractivity (Wildman–Crippen MR) is 86.9 cm³/mol. The average molecular weight is 327 g/mol. The van der Waals surface area contributed by atoms with Crippen molar-refractivity contribution in [2.45, 2.75) is 0 Å². The van der Waals surface area contributed by atoms with Crippen LogP contribution in [-0.4, -0.2) is 25.8 Å². The van der Waals surface area contributed by atoms with Gasteiger partial charge < -0.3 is 5.73 Å². The van der Waals surface area contributed by atoms with Crippen LogP contribution in [0.1, 0.15) is 10.4 Å². The van der Waals surface area contributed by atoms with E-state index in [-0.39, 0.29) is 17.8 Å². The van der Waals surface area contributed by atoms with Crippen molar-refractivity contribution in [1.29, 1.82) is 0 Å². The Morgan fingerprint density at radius 2 is 1.87 bits per heavy atom. The lowest BCUT2D eigenvalue weighted by molar-refractivity contribution is 0.102. The third-order valence-corrected chi connectivity index (χ3v) is 3.16. The molecule has 0 fully saturated rings. The van der Waals surface area contributed by atoms with Crippen LogP contribution in [0.15, 0.2) is 48.8 Å². The normalized spacial score (nSPS) is 10.3. The SMILES string of the molecule is Nc1nc(NC(=O)c2cccnc2)nc(-c2ccc(Cl)cc2)n1. The summed E-state index contributed by atoms with van der Waals surface area (Å²) in [5.41, 5.74) is 6.79. The second-order valence-electron chi connectivity index (χ2n) is 4.54. The van der Waals surface area contributed by atoms with Crippen LogP contribution < -0.4 is 11.1 Å². The lowest BCUT2D eigenvalue weighted by Gasteiger charge is -2.06. The molecule has 114 valence electrons. The third-order valence-electron chi connectivity index (χ3n) is 2.90. The molecular weight excluding hydrogens is 316 g/mol. The molecule has 7 nitrogen and oxygen atoms in total. The molecular formula is C15H11ClN6O. The van der Waals surface area contributed by atoms with Crippen LogP contribution in [0, 0.1) is 0 Å². The van der Waals surface area contributed by atoms with Crippen molar-refractivity contribution in [2.75, 3.05) is 11.1 Å². The number of halogens is 1. The molecule has 23 heavy (non-hydrogen) atoms. The molecule has 2 aromatic heterocycles. The molecule has 3 N–H and O–H groups in total. The van der Waals surface area contributed by atoms with Gasteiger partial charge >= 0.3 is 0 Å². The number of hydrogen-bond acceptors (Lipinski definition) is 6. The number of nitrogen functional groups attached to an aromatic ring is 1. The van der Waals surface area contributed by atoms with Gasteiger partial charge in [0.2, 0.25) is 11.9 Å². The van der Waals surface area contributed by atoms with Gasteiger partial charge in [0.1, 0.15) is 0 Å². The molecule has 0 bridgehead atoms. The van der Waals surface area contributed by atoms with Crippen LogP contribution in [0.2, 0.25) is 5.02 Å². The Morgan fingerprint density at radius 1 is 1.09 bits per heavy atom. The minimum atomic E-state index is -0.384. The largest absolute Gasteiger partial charge is 0.368 e. The van der Waals surface area contributed by atoms with Gasteiger partial charge in [-0.1, -0.05) is 11.6 Å². The maximum atomic E-state index is 12.1. The monoisotopic (exact) mass is 326 g/mol. The van der Waals surface area contributed by atoms with E-state index >= 15 is 0 Å². The summed E-state index contributed by atoms with van der Waals surface area (Å²) in [7, 11) is 0. The highest BCUT2D eigenvalue weighted by Crippen LogP contribution is 2.19. The van der Waals surface area contributed by atoms with Crippen LogP contribution >= 0.6 is 11.6 Å². The molecule has 0 saturated carbocycles. The van der Waals surface area contributed by atoms with E-state index in [1.165, 1.54) is 6.20 Å². The Morgan fingerprint density at radius 3 is 2.57 bits per heavy atom. The summed E-state index contributed by atoms with van der Waals surface area (Å²) in [6.45, 7) is 0. The smallest absolute Gasteiger partial charge is 0.259 e. The van der Waals surface area contributed by atoms with Gasteiger partial charge in [0.15, 0.2) is 5.82 Å². The van der Waals surface area contributed by atoms with Crippen LogP contribution in [0.5, 0.6) is 0 Å². The van der Waals surface area contributed by atoms with Crippen LogP contribution in [0.4, 0.5) is 11.9 Å². The second kappa shape index (κ2) is 6.37. The Labute approximate surface area is 136 Å². The number of carbonyl (C=O) groups is 1. The molecule has 3 rings (SSSR count). The van der Waals surface area contributed by atoms with E-state index in [9.17, 15) is 4.79 Å². The van der Waals surface area contributed by atoms with Gasteiger partial charge in [0.05, 0.1) is 5.56 Å². The standard InChI is InChI=1S/C15H11ClN6O/c16-11-5-3-9(4-6-11)12-19-14(17)22-15(20-12)21-13(23)10-2-1-7-18-8-10/h1-8H,(H3,17,19,20,21,22,23). The van der Waals surface area contributed by atoms with E-state index in [4.69, 9.17) is 17.3 Å². The topological polar surface area (TPSA) is 107 Å². The maximum absolute atomic E-state index is 12.1. The number of amides is 1. The molecule has 8 heteroatoms. The van der Waals surface area contributed by atoms with E-state index < -0.39 is 0 Å². The zero-order valence-corrected chi connectivity index (χ0v) is 12.5. The molecule has 1 amide bonds. The van der Waals surface area contributed by atoms with Gasteiger partial charge in [0.25, 0.3) is 5.91 Å². The highest BCUT2D eigenvalue weighted by Gasteiger charge is 2.11. The Bertz CT molecular complexity index is 838. The highest BCUT2D eigenvalue weighted by atomic mass is 35.5. The molecule has 1 aromatic carbocycles. The Hall–Kier alpha value is -3.06. The zero-order chi connectivity index (χ0) is 16.2. The molecule has 0 aliphatic heterocycles. The summed E-state index contributed by atoms with van der Waals surface area (Å²) >= 11 is 5.86. The van der Waals surface area contributed by atoms with Gasteiger partial charge in [-0.15, -0.1) is 0 Å². The minimum Gasteiger partial charge on any atom is -0.368 e. The van der Waals surface area contributed by atoms with Crippen LogP contribution in [0.25, 0.3) is 11.4 Å². The van der Waals surface area contributed by atoms with Crippen molar-refractivity contribution in [3.05, 3.63) is 59.4 Å². The predicted octanol–water partition coefficient (Wildman–Crippen LogP) is 2.42. The summed E-state index contributed by atoms with van der Waals surface area (Å²) in [5, 5.41) is 3.17. The Kier molecular flexibility index (Phi) is 4.11. The molecule has 0 radical (unpaired) electrons. The van der Waals surface area contributed by atoms with Crippen LogP contribution in [0.3, 0.4) is 0 Å². The van der Waals surface area contributed by atoms with Gasteiger partial charge in [-0.2, -0.15) is 15.0 Å². The molecule has 0 saturated heterocycles. The number of carbonyl (C=O) groups excluding carboxylic acids is 1. The number of anilines is 2. The first-order valence-corrected chi connectivity index (χ1v) is 6.98. The summed E-state index contributed by atoms with van der Waals surface area (Å²) < 4.78 is 0. The lowest BCUT2D eigenvalue weighted by atomic mass is 10.2. The van der Waals surface area contributed by atoms with E-state index in [1.54, 1.807) is 42.6 Å². The molecule has 0 atom stereocenters. The van der Waals surface area contributed by atoms with Crippen molar-refractivity contribution >= 4 is 29.4 Å². The van der Waals surface area contributed by atoms with Crippen molar-refractivity contribution < 1.29 is 4.79 Å². The third kappa shape index (κ3) is 3.58. The van der Waals surface area contributed by atoms with Gasteiger partial charge in [-0.3, -0.25) is 15.1 Å². The number of nitrogens with two attached hydrogens (primary N) is 1. The van der Waals surface area contributed by atoms with Gasteiger partial charge in [-0.25, -0.2) is 0 Å². The molecule has 0 aliphatic rings. The van der Waals surface area contributed by atoms with Crippen molar-refractivity contribution in [3.63, 3.8) is 0 Å². The second-order valence-corrected chi connectivity index (χ2v) is 4.98. The summed E-state index contributed by atoms with van der Waals surface area (Å²) in [6, 6.07) is 10.2. The average Bonchev–Trinajstić information content (AvgIpc) is 2.56. The van der Waals surface area contributed by atoms with E-state index in [0.29, 0.717) is 22.0 Å². The van der Waals surface area contributed by atoms with Crippen molar-refractivity contribution in [2.24, 2.45) is 0 Å². The van der Waals surface area contributed by atoms with E-state index in [1.807, 2.05) is 0 Å². The first kappa shape index (κ1) is 14.9. The highest BCUT2D eigenvalue weighted by molar-refractivity contribution is 6.30. The molecule has 0 aliphatic carbocycles. The molecule has 2 heterocycles. The maximum Gasteiger partial charge on any atom is 0.259 e. The zero-order valence-electron chi connectivity index (χ0n) is 11.8. The number of pyridine rings is 1. The lowest BCUT2D eigenvalue weighted by Crippen LogP contribution is -2.16. The van der Waals surface area contributed by atoms with E-state index in [2.05, 4.69) is 25.3 Å². The first-order chi connectivity index (χ1) is 11.1. The number of nitrogens with one attached hydrogen (secondary N) is 1. The fourth-order valence-corrected chi connectivity index (χ4v) is 1.97. The molecule has 0 spiro atoms. The summed E-state index contributed by atoms with van der Waals surface area (Å²) in [5.74, 6) is 0.0316. The summed E-state index contributed by atoms with van der Waals surface area (Å²) in [6.07, 6.45) is 3.02. The number of nitrogens with zero attached hydrogens (tertiary/aromatic N) is 4. The quantitative estimate of drug-likeness (QED) is 0.765. The molecule has 3 aromatic rings. The number of hydrogen-bond donors (Lipinski definition) is 2. The fourth-order valence-electron chi connectivity index (χ4n) is 1.85. The molecule has 0 unspecified atom stereocenters. The first-order valence-electron chi connectivity index (χ1n) is 6.61. The summed E-state index contributed by atoms with van der Waals surface area (Å²) in [4.78, 5) is 28.2. The van der Waals surface area contributed by atoms with E-state index in [0.717, 1.165) is 0 Å². The van der Waals surface area contributed by atoms with Crippen LogP contribution in [-0.2, 0) is 0 Å². The number of aromatic nitrogens is 4. The number of benzene rings is 1.